The summed E-state index contributed by atoms with van der Waals surface area (Å²) in [6.07, 6.45) is 10.7. The lowest BCUT2D eigenvalue weighted by Crippen LogP contribution is -2.53. The molecule has 0 spiro atoms. The van der Waals surface area contributed by atoms with Crippen molar-refractivity contribution in [3.63, 3.8) is 0 Å². The van der Waals surface area contributed by atoms with E-state index in [9.17, 15) is 5.11 Å². The molecule has 2 unspecified atom stereocenters. The lowest BCUT2D eigenvalue weighted by atomic mass is 9.46. The Morgan fingerprint density at radius 3 is 2.60 bits per heavy atom. The molecule has 6 atom stereocenters. The van der Waals surface area contributed by atoms with Crippen LogP contribution in [0.3, 0.4) is 0 Å². The van der Waals surface area contributed by atoms with Crippen molar-refractivity contribution in [1.29, 1.82) is 0 Å². The Hall–Kier alpha value is -0.860. The Kier molecular flexibility index (Phi) is 5.68. The van der Waals surface area contributed by atoms with Crippen molar-refractivity contribution in [3.8, 4) is 0 Å². The van der Waals surface area contributed by atoms with Gasteiger partial charge in [0, 0.05) is 6.61 Å². The number of hydrogen-bond acceptors (Lipinski definition) is 2. The van der Waals surface area contributed by atoms with Crippen LogP contribution in [0.25, 0.3) is 0 Å². The SMILES string of the molecule is C=C(C)COC[C@@H](C)[C@H]1CC=C2C3=C(CC[C@@]21C)[C@@]1(C)CCC(O)C(C)(C)C1CC3. The van der Waals surface area contributed by atoms with Gasteiger partial charge in [0.25, 0.3) is 0 Å². The molecule has 1 N–H and O–H groups in total. The third kappa shape index (κ3) is 3.28. The van der Waals surface area contributed by atoms with Gasteiger partial charge in [-0.2, -0.15) is 0 Å². The minimum atomic E-state index is -0.151. The number of aliphatic hydroxyl groups excluding tert-OH is 1. The molecule has 1 fully saturated rings. The molecule has 0 aromatic carbocycles. The largest absolute Gasteiger partial charge is 0.393 e. The van der Waals surface area contributed by atoms with E-state index in [1.807, 2.05) is 6.92 Å². The Balaban J connectivity index is 1.59. The van der Waals surface area contributed by atoms with Gasteiger partial charge in [-0.05, 0) is 97.0 Å². The molecule has 168 valence electrons. The summed E-state index contributed by atoms with van der Waals surface area (Å²) in [6, 6.07) is 0. The summed E-state index contributed by atoms with van der Waals surface area (Å²) in [5.74, 6) is 1.85. The van der Waals surface area contributed by atoms with E-state index in [0.717, 1.165) is 25.0 Å². The van der Waals surface area contributed by atoms with E-state index in [-0.39, 0.29) is 16.9 Å². The van der Waals surface area contributed by atoms with Crippen LogP contribution < -0.4 is 0 Å². The second kappa shape index (κ2) is 7.62. The lowest BCUT2D eigenvalue weighted by molar-refractivity contribution is -0.0906. The number of aliphatic hydroxyl groups is 1. The van der Waals surface area contributed by atoms with Gasteiger partial charge < -0.3 is 9.84 Å². The molecule has 30 heavy (non-hydrogen) atoms. The summed E-state index contributed by atoms with van der Waals surface area (Å²) in [4.78, 5) is 0. The van der Waals surface area contributed by atoms with Gasteiger partial charge in [0.2, 0.25) is 0 Å². The van der Waals surface area contributed by atoms with Crippen molar-refractivity contribution < 1.29 is 9.84 Å². The lowest BCUT2D eigenvalue weighted by Gasteiger charge is -2.59. The summed E-state index contributed by atoms with van der Waals surface area (Å²) >= 11 is 0. The van der Waals surface area contributed by atoms with Crippen LogP contribution in [0.15, 0.2) is 34.9 Å². The number of allylic oxidation sites excluding steroid dienone is 4. The fourth-order valence-electron chi connectivity index (χ4n) is 8.11. The number of hydrogen-bond donors (Lipinski definition) is 1. The van der Waals surface area contributed by atoms with Gasteiger partial charge in [0.05, 0.1) is 12.7 Å². The number of fused-ring (bicyclic) bond motifs is 4. The zero-order valence-electron chi connectivity index (χ0n) is 20.3. The fourth-order valence-corrected chi connectivity index (χ4v) is 8.11. The molecule has 4 rings (SSSR count). The molecule has 2 nitrogen and oxygen atoms in total. The highest BCUT2D eigenvalue weighted by atomic mass is 16.5. The van der Waals surface area contributed by atoms with Crippen molar-refractivity contribution >= 4 is 0 Å². The molecule has 0 aromatic heterocycles. The molecule has 0 saturated heterocycles. The van der Waals surface area contributed by atoms with Crippen molar-refractivity contribution in [2.75, 3.05) is 13.2 Å². The highest BCUT2D eigenvalue weighted by molar-refractivity contribution is 5.49. The molecule has 4 aliphatic carbocycles. The summed E-state index contributed by atoms with van der Waals surface area (Å²) in [7, 11) is 0. The number of ether oxygens (including phenoxy) is 1. The first kappa shape index (κ1) is 22.3. The maximum absolute atomic E-state index is 10.7. The van der Waals surface area contributed by atoms with E-state index >= 15 is 0 Å². The van der Waals surface area contributed by atoms with Crippen LogP contribution in [0.1, 0.15) is 86.5 Å². The third-order valence-corrected chi connectivity index (χ3v) is 9.84. The van der Waals surface area contributed by atoms with E-state index < -0.39 is 0 Å². The average molecular weight is 413 g/mol. The topological polar surface area (TPSA) is 29.5 Å². The summed E-state index contributed by atoms with van der Waals surface area (Å²) < 4.78 is 5.96. The Morgan fingerprint density at radius 1 is 1.17 bits per heavy atom. The van der Waals surface area contributed by atoms with E-state index in [1.54, 1.807) is 16.7 Å². The van der Waals surface area contributed by atoms with Gasteiger partial charge in [0.1, 0.15) is 0 Å². The Bertz CT molecular complexity index is 772. The maximum Gasteiger partial charge on any atom is 0.0671 e. The quantitative estimate of drug-likeness (QED) is 0.500. The van der Waals surface area contributed by atoms with Gasteiger partial charge in [0.15, 0.2) is 0 Å². The fraction of sp³-hybridized carbons (Fsp3) is 0.786. The van der Waals surface area contributed by atoms with Crippen LogP contribution in [0.4, 0.5) is 0 Å². The molecular weight excluding hydrogens is 368 g/mol. The normalized spacial score (nSPS) is 40.9. The van der Waals surface area contributed by atoms with E-state index in [1.165, 1.54) is 32.1 Å². The molecule has 4 aliphatic rings. The minimum absolute atomic E-state index is 0.0218. The smallest absolute Gasteiger partial charge is 0.0671 e. The first-order chi connectivity index (χ1) is 14.0. The second-order valence-electron chi connectivity index (χ2n) is 12.2. The maximum atomic E-state index is 10.7. The van der Waals surface area contributed by atoms with Crippen molar-refractivity contribution in [2.45, 2.75) is 92.6 Å². The predicted molar refractivity (Wildman–Crippen MR) is 125 cm³/mol. The highest BCUT2D eigenvalue weighted by Gasteiger charge is 2.57. The molecule has 1 saturated carbocycles. The molecular formula is C28H44O2. The van der Waals surface area contributed by atoms with Gasteiger partial charge in [-0.1, -0.05) is 58.4 Å². The van der Waals surface area contributed by atoms with Crippen LogP contribution in [0.2, 0.25) is 0 Å². The Morgan fingerprint density at radius 2 is 1.90 bits per heavy atom. The summed E-state index contributed by atoms with van der Waals surface area (Å²) in [5.41, 5.74) is 6.86. The molecule has 2 heteroatoms. The molecule has 0 aromatic rings. The van der Waals surface area contributed by atoms with Crippen LogP contribution in [0, 0.1) is 34.0 Å². The van der Waals surface area contributed by atoms with Crippen molar-refractivity contribution in [1.82, 2.24) is 0 Å². The summed E-state index contributed by atoms with van der Waals surface area (Å²) in [6.45, 7) is 19.6. The zero-order chi connectivity index (χ0) is 21.9. The van der Waals surface area contributed by atoms with Crippen LogP contribution in [-0.4, -0.2) is 24.4 Å². The standard InChI is InChI=1S/C28H44O2/c1-18(2)16-30-17-19(3)21-9-10-22-20-8-11-24-26(4,5)25(29)13-15-28(24,7)23(20)12-14-27(21,22)6/h10,19,21,24-25,29H,1,8-9,11-17H2,2-7H3/t19-,21-,24?,25?,27-,28-/m1/s1. The molecule has 0 heterocycles. The predicted octanol–water partition coefficient (Wildman–Crippen LogP) is 6.86. The average Bonchev–Trinajstić information content (AvgIpc) is 3.02. The van der Waals surface area contributed by atoms with Gasteiger partial charge in [-0.3, -0.25) is 0 Å². The van der Waals surface area contributed by atoms with E-state index in [0.29, 0.717) is 29.8 Å². The first-order valence-corrected chi connectivity index (χ1v) is 12.4. The van der Waals surface area contributed by atoms with Crippen LogP contribution in [-0.2, 0) is 4.74 Å². The molecule has 0 bridgehead atoms. The zero-order valence-corrected chi connectivity index (χ0v) is 20.3. The number of rotatable bonds is 5. The molecule has 0 amide bonds. The molecule has 0 aliphatic heterocycles. The van der Waals surface area contributed by atoms with Gasteiger partial charge in [-0.15, -0.1) is 0 Å². The minimum Gasteiger partial charge on any atom is -0.393 e. The third-order valence-electron chi connectivity index (χ3n) is 9.84. The van der Waals surface area contributed by atoms with Gasteiger partial charge in [-0.25, -0.2) is 0 Å². The summed E-state index contributed by atoms with van der Waals surface area (Å²) in [5, 5.41) is 10.7. The molecule has 0 radical (unpaired) electrons. The first-order valence-electron chi connectivity index (χ1n) is 12.4. The van der Waals surface area contributed by atoms with E-state index in [4.69, 9.17) is 4.74 Å². The highest BCUT2D eigenvalue weighted by Crippen LogP contribution is 2.66. The van der Waals surface area contributed by atoms with Gasteiger partial charge >= 0.3 is 0 Å². The van der Waals surface area contributed by atoms with E-state index in [2.05, 4.69) is 47.3 Å². The Labute approximate surface area is 184 Å². The monoisotopic (exact) mass is 412 g/mol. The van der Waals surface area contributed by atoms with Crippen molar-refractivity contribution in [3.05, 3.63) is 34.9 Å². The van der Waals surface area contributed by atoms with Crippen LogP contribution in [0.5, 0.6) is 0 Å². The van der Waals surface area contributed by atoms with Crippen molar-refractivity contribution in [2.24, 2.45) is 34.0 Å². The second-order valence-corrected chi connectivity index (χ2v) is 12.2. The van der Waals surface area contributed by atoms with Crippen LogP contribution >= 0.6 is 0 Å².